The second kappa shape index (κ2) is 8.85. The largest absolute Gasteiger partial charge is 0.411 e. The van der Waals surface area contributed by atoms with Crippen molar-refractivity contribution in [1.29, 1.82) is 0 Å². The van der Waals surface area contributed by atoms with Crippen molar-refractivity contribution in [2.24, 2.45) is 0 Å². The minimum absolute atomic E-state index is 0.341. The number of hydrogen-bond acceptors (Lipinski definition) is 2. The summed E-state index contributed by atoms with van der Waals surface area (Å²) in [5.41, 5.74) is 0. The number of likely N-dealkylation sites (tertiary alicyclic amines) is 1. The Hall–Kier alpha value is 0.147. The first-order valence-electron chi connectivity index (χ1n) is 8.82. The number of halogens is 1. The average Bonchev–Trinajstić information content (AvgIpc) is 3.17. The number of nitrogens with zero attached hydrogens (tertiary/aromatic N) is 2. The van der Waals surface area contributed by atoms with E-state index in [2.05, 4.69) is 71.3 Å². The normalized spacial score (nSPS) is 18.0. The minimum atomic E-state index is -1.54. The molecule has 2 heterocycles. The summed E-state index contributed by atoms with van der Waals surface area (Å²) in [6, 6.07) is 5.89. The lowest BCUT2D eigenvalue weighted by molar-refractivity contribution is 0.120. The lowest BCUT2D eigenvalue weighted by Gasteiger charge is -2.35. The molecular formula is C17H31IN2OSi. The molecule has 1 atom stereocenters. The molecule has 0 aliphatic carbocycles. The molecule has 1 aliphatic rings. The minimum Gasteiger partial charge on any atom is -0.411 e. The zero-order chi connectivity index (χ0) is 16.0. The number of aromatic nitrogens is 1. The van der Waals surface area contributed by atoms with E-state index in [1.807, 2.05) is 0 Å². The first-order valence-corrected chi connectivity index (χ1v) is 12.4. The SMILES string of the molecule is CC[Si](CC)(CC)OC(CN1CCCC1)Cn1ccc(I)c1. The van der Waals surface area contributed by atoms with Crippen LogP contribution in [-0.4, -0.2) is 43.5 Å². The van der Waals surface area contributed by atoms with E-state index in [-0.39, 0.29) is 0 Å². The van der Waals surface area contributed by atoms with Gasteiger partial charge in [0.2, 0.25) is 0 Å². The predicted molar refractivity (Wildman–Crippen MR) is 105 cm³/mol. The Morgan fingerprint density at radius 2 is 1.77 bits per heavy atom. The van der Waals surface area contributed by atoms with Gasteiger partial charge in [-0.1, -0.05) is 20.8 Å². The third-order valence-electron chi connectivity index (χ3n) is 5.14. The fraction of sp³-hybridized carbons (Fsp3) is 0.765. The van der Waals surface area contributed by atoms with Crippen LogP contribution in [0.3, 0.4) is 0 Å². The third kappa shape index (κ3) is 5.08. The van der Waals surface area contributed by atoms with Crippen molar-refractivity contribution in [3.8, 4) is 0 Å². The van der Waals surface area contributed by atoms with Gasteiger partial charge in [0, 0.05) is 29.1 Å². The maximum atomic E-state index is 6.83. The summed E-state index contributed by atoms with van der Waals surface area (Å²) < 4.78 is 10.5. The van der Waals surface area contributed by atoms with Crippen molar-refractivity contribution in [2.45, 2.75) is 64.4 Å². The fourth-order valence-corrected chi connectivity index (χ4v) is 6.87. The van der Waals surface area contributed by atoms with Crippen LogP contribution in [0.25, 0.3) is 0 Å². The number of hydrogen-bond donors (Lipinski definition) is 0. The Kier molecular flexibility index (Phi) is 7.43. The Balaban J connectivity index is 2.05. The smallest absolute Gasteiger partial charge is 0.192 e. The highest BCUT2D eigenvalue weighted by Gasteiger charge is 2.33. The summed E-state index contributed by atoms with van der Waals surface area (Å²) in [7, 11) is -1.54. The predicted octanol–water partition coefficient (Wildman–Crippen LogP) is 4.58. The molecule has 0 N–H and O–H groups in total. The quantitative estimate of drug-likeness (QED) is 0.418. The van der Waals surface area contributed by atoms with Crippen molar-refractivity contribution >= 4 is 30.9 Å². The van der Waals surface area contributed by atoms with Crippen LogP contribution in [0, 0.1) is 3.57 Å². The Bertz CT molecular complexity index is 433. The summed E-state index contributed by atoms with van der Waals surface area (Å²) in [4.78, 5) is 2.60. The first-order chi connectivity index (χ1) is 10.6. The van der Waals surface area contributed by atoms with E-state index >= 15 is 0 Å². The van der Waals surface area contributed by atoms with Gasteiger partial charge >= 0.3 is 0 Å². The Labute approximate surface area is 150 Å². The van der Waals surface area contributed by atoms with Gasteiger partial charge in [0.05, 0.1) is 6.10 Å². The van der Waals surface area contributed by atoms with Gasteiger partial charge in [0.1, 0.15) is 0 Å². The van der Waals surface area contributed by atoms with Gasteiger partial charge in [-0.05, 0) is 72.7 Å². The van der Waals surface area contributed by atoms with Crippen LogP contribution < -0.4 is 0 Å². The van der Waals surface area contributed by atoms with Gasteiger partial charge < -0.3 is 13.9 Å². The van der Waals surface area contributed by atoms with Gasteiger partial charge in [-0.25, -0.2) is 0 Å². The maximum absolute atomic E-state index is 6.83. The molecule has 22 heavy (non-hydrogen) atoms. The van der Waals surface area contributed by atoms with Gasteiger partial charge in [0.25, 0.3) is 0 Å². The van der Waals surface area contributed by atoms with Crippen molar-refractivity contribution in [3.05, 3.63) is 22.0 Å². The zero-order valence-electron chi connectivity index (χ0n) is 14.4. The summed E-state index contributed by atoms with van der Waals surface area (Å²) in [5, 5.41) is 0. The molecule has 1 fully saturated rings. The molecule has 0 bridgehead atoms. The van der Waals surface area contributed by atoms with E-state index in [9.17, 15) is 0 Å². The van der Waals surface area contributed by atoms with Crippen LogP contribution in [0.5, 0.6) is 0 Å². The Morgan fingerprint density at radius 3 is 2.27 bits per heavy atom. The second-order valence-corrected chi connectivity index (χ2v) is 12.5. The van der Waals surface area contributed by atoms with Gasteiger partial charge in [0.15, 0.2) is 8.32 Å². The summed E-state index contributed by atoms with van der Waals surface area (Å²) in [5.74, 6) is 0. The van der Waals surface area contributed by atoms with E-state index in [1.165, 1.54) is 47.6 Å². The molecule has 1 saturated heterocycles. The molecule has 1 aliphatic heterocycles. The molecule has 0 amide bonds. The topological polar surface area (TPSA) is 17.4 Å². The van der Waals surface area contributed by atoms with Crippen molar-refractivity contribution in [1.82, 2.24) is 9.47 Å². The van der Waals surface area contributed by atoms with E-state index < -0.39 is 8.32 Å². The van der Waals surface area contributed by atoms with Crippen LogP contribution in [0.4, 0.5) is 0 Å². The molecule has 0 saturated carbocycles. The molecule has 3 nitrogen and oxygen atoms in total. The zero-order valence-corrected chi connectivity index (χ0v) is 17.5. The lowest BCUT2D eigenvalue weighted by Crippen LogP contribution is -2.45. The van der Waals surface area contributed by atoms with Gasteiger partial charge in [-0.2, -0.15) is 0 Å². The summed E-state index contributed by atoms with van der Waals surface area (Å²) in [6.07, 6.45) is 7.47. The van der Waals surface area contributed by atoms with Crippen LogP contribution in [-0.2, 0) is 11.0 Å². The first kappa shape index (κ1) is 18.5. The van der Waals surface area contributed by atoms with Crippen molar-refractivity contribution in [2.75, 3.05) is 19.6 Å². The van der Waals surface area contributed by atoms with E-state index in [4.69, 9.17) is 4.43 Å². The standard InChI is InChI=1S/C17H31IN2OSi/c1-4-22(5-2,6-3)21-17(14-19-10-7-8-11-19)15-20-12-9-16(18)13-20/h9,12-13,17H,4-8,10-11,14-15H2,1-3H3. The second-order valence-electron chi connectivity index (χ2n) is 6.52. The molecule has 2 rings (SSSR count). The van der Waals surface area contributed by atoms with Crippen LogP contribution >= 0.6 is 22.6 Å². The average molecular weight is 434 g/mol. The van der Waals surface area contributed by atoms with Gasteiger partial charge in [-0.3, -0.25) is 0 Å². The Morgan fingerprint density at radius 1 is 1.14 bits per heavy atom. The van der Waals surface area contributed by atoms with E-state index in [0.29, 0.717) is 6.10 Å². The highest BCUT2D eigenvalue weighted by atomic mass is 127. The highest BCUT2D eigenvalue weighted by Crippen LogP contribution is 2.25. The number of rotatable bonds is 9. The van der Waals surface area contributed by atoms with Crippen molar-refractivity contribution < 1.29 is 4.43 Å². The molecule has 126 valence electrons. The molecule has 0 aromatic carbocycles. The monoisotopic (exact) mass is 434 g/mol. The summed E-state index contributed by atoms with van der Waals surface area (Å²) in [6.45, 7) is 11.6. The van der Waals surface area contributed by atoms with Crippen LogP contribution in [0.2, 0.25) is 18.1 Å². The maximum Gasteiger partial charge on any atom is 0.192 e. The molecule has 1 unspecified atom stereocenters. The molecule has 0 radical (unpaired) electrons. The fourth-order valence-electron chi connectivity index (χ4n) is 3.50. The van der Waals surface area contributed by atoms with E-state index in [1.54, 1.807) is 0 Å². The molecular weight excluding hydrogens is 403 g/mol. The van der Waals surface area contributed by atoms with E-state index in [0.717, 1.165) is 13.1 Å². The van der Waals surface area contributed by atoms with Crippen molar-refractivity contribution in [3.63, 3.8) is 0 Å². The van der Waals surface area contributed by atoms with Crippen LogP contribution in [0.1, 0.15) is 33.6 Å². The molecule has 0 spiro atoms. The summed E-state index contributed by atoms with van der Waals surface area (Å²) >= 11 is 2.38. The molecule has 1 aromatic rings. The van der Waals surface area contributed by atoms with Gasteiger partial charge in [-0.15, -0.1) is 0 Å². The van der Waals surface area contributed by atoms with Crippen LogP contribution in [0.15, 0.2) is 18.5 Å². The molecule has 1 aromatic heterocycles. The highest BCUT2D eigenvalue weighted by molar-refractivity contribution is 14.1. The lowest BCUT2D eigenvalue weighted by atomic mass is 10.3. The molecule has 5 heteroatoms. The third-order valence-corrected chi connectivity index (χ3v) is 10.5.